The van der Waals surface area contributed by atoms with Gasteiger partial charge < -0.3 is 4.74 Å². The zero-order chi connectivity index (χ0) is 21.3. The zero-order valence-electron chi connectivity index (χ0n) is 17.7. The van der Waals surface area contributed by atoms with Gasteiger partial charge in [0.2, 0.25) is 0 Å². The van der Waals surface area contributed by atoms with Crippen LogP contribution in [0, 0.1) is 13.8 Å². The molecular formula is C23H27N3O3S. The van der Waals surface area contributed by atoms with E-state index in [-0.39, 0.29) is 12.2 Å². The average molecular weight is 426 g/mol. The zero-order valence-corrected chi connectivity index (χ0v) is 18.5. The number of esters is 1. The third kappa shape index (κ3) is 4.04. The van der Waals surface area contributed by atoms with Crippen molar-refractivity contribution in [1.82, 2.24) is 14.5 Å². The van der Waals surface area contributed by atoms with Gasteiger partial charge in [0.05, 0.1) is 11.9 Å². The minimum atomic E-state index is -0.740. The van der Waals surface area contributed by atoms with Crippen molar-refractivity contribution in [2.24, 2.45) is 0 Å². The first-order chi connectivity index (χ1) is 14.5. The Hall–Kier alpha value is -2.51. The van der Waals surface area contributed by atoms with Gasteiger partial charge in [-0.2, -0.15) is 0 Å². The van der Waals surface area contributed by atoms with E-state index in [1.807, 2.05) is 44.2 Å². The van der Waals surface area contributed by atoms with E-state index >= 15 is 0 Å². The highest BCUT2D eigenvalue weighted by Gasteiger charge is 2.26. The summed E-state index contributed by atoms with van der Waals surface area (Å²) in [6, 6.07) is 8.82. The number of aryl methyl sites for hydroxylation is 2. The fourth-order valence-electron chi connectivity index (χ4n) is 3.95. The first-order valence-corrected chi connectivity index (χ1v) is 11.2. The number of fused-ring (bicyclic) bond motifs is 1. The average Bonchev–Trinajstić information content (AvgIpc) is 3.34. The topological polar surface area (TPSA) is 64.4 Å². The largest absolute Gasteiger partial charge is 0.459 e. The molecular weight excluding hydrogens is 398 g/mol. The molecule has 3 aromatic rings. The number of benzene rings is 1. The summed E-state index contributed by atoms with van der Waals surface area (Å²) < 4.78 is 7.08. The Labute approximate surface area is 180 Å². The highest BCUT2D eigenvalue weighted by Crippen LogP contribution is 2.28. The van der Waals surface area contributed by atoms with E-state index < -0.39 is 12.0 Å². The normalized spacial score (nSPS) is 15.6. The second-order valence-corrected chi connectivity index (χ2v) is 9.12. The number of likely N-dealkylation sites (tertiary alicyclic amines) is 1. The number of ether oxygens (including phenoxy) is 1. The molecule has 6 nitrogen and oxygen atoms in total. The lowest BCUT2D eigenvalue weighted by Gasteiger charge is -2.21. The molecule has 1 saturated heterocycles. The van der Waals surface area contributed by atoms with Gasteiger partial charge in [0, 0.05) is 4.88 Å². The van der Waals surface area contributed by atoms with Gasteiger partial charge >= 0.3 is 5.97 Å². The van der Waals surface area contributed by atoms with Crippen molar-refractivity contribution in [2.75, 3.05) is 13.1 Å². The third-order valence-electron chi connectivity index (χ3n) is 5.82. The molecule has 158 valence electrons. The standard InChI is InChI=1S/C23H27N3O3S/c1-15-17(3)30-21-20(15)22(27)26(19(24-21)13-25-11-7-8-12-25)16(2)23(28)29-14-18-9-5-4-6-10-18/h4-6,9-10,16H,7-8,11-14H2,1-3H3. The van der Waals surface area contributed by atoms with Crippen molar-refractivity contribution >= 4 is 27.5 Å². The van der Waals surface area contributed by atoms with Crippen molar-refractivity contribution < 1.29 is 9.53 Å². The predicted octanol–water partition coefficient (Wildman–Crippen LogP) is 3.98. The minimum absolute atomic E-state index is 0.153. The predicted molar refractivity (Wildman–Crippen MR) is 119 cm³/mol. The van der Waals surface area contributed by atoms with Crippen LogP contribution in [-0.4, -0.2) is 33.5 Å². The maximum atomic E-state index is 13.5. The van der Waals surface area contributed by atoms with E-state index in [0.717, 1.165) is 46.8 Å². The van der Waals surface area contributed by atoms with Crippen LogP contribution < -0.4 is 5.56 Å². The van der Waals surface area contributed by atoms with Gasteiger partial charge in [0.15, 0.2) is 0 Å². The van der Waals surface area contributed by atoms with Crippen LogP contribution in [0.2, 0.25) is 0 Å². The Kier molecular flexibility index (Phi) is 6.01. The van der Waals surface area contributed by atoms with Gasteiger partial charge in [-0.1, -0.05) is 30.3 Å². The van der Waals surface area contributed by atoms with Crippen molar-refractivity contribution in [1.29, 1.82) is 0 Å². The quantitative estimate of drug-likeness (QED) is 0.559. The van der Waals surface area contributed by atoms with E-state index in [1.165, 1.54) is 0 Å². The number of hydrogen-bond acceptors (Lipinski definition) is 6. The number of carbonyl (C=O) groups is 1. The first-order valence-electron chi connectivity index (χ1n) is 10.4. The summed E-state index contributed by atoms with van der Waals surface area (Å²) in [4.78, 5) is 35.3. The Balaban J connectivity index is 1.69. The van der Waals surface area contributed by atoms with Crippen molar-refractivity contribution in [3.05, 3.63) is 62.5 Å². The van der Waals surface area contributed by atoms with Gasteiger partial charge in [-0.15, -0.1) is 11.3 Å². The van der Waals surface area contributed by atoms with Crippen LogP contribution in [0.5, 0.6) is 0 Å². The SMILES string of the molecule is Cc1sc2nc(CN3CCCC3)n(C(C)C(=O)OCc3ccccc3)c(=O)c2c1C. The van der Waals surface area contributed by atoms with Crippen LogP contribution in [0.1, 0.15) is 47.6 Å². The van der Waals surface area contributed by atoms with Crippen molar-refractivity contribution in [3.63, 3.8) is 0 Å². The molecule has 0 bridgehead atoms. The second-order valence-electron chi connectivity index (χ2n) is 7.92. The minimum Gasteiger partial charge on any atom is -0.459 e. The molecule has 3 heterocycles. The fraction of sp³-hybridized carbons (Fsp3) is 0.435. The molecule has 2 aromatic heterocycles. The number of thiophene rings is 1. The Morgan fingerprint density at radius 2 is 1.90 bits per heavy atom. The smallest absolute Gasteiger partial charge is 0.329 e. The Morgan fingerprint density at radius 3 is 2.60 bits per heavy atom. The molecule has 1 atom stereocenters. The highest BCUT2D eigenvalue weighted by molar-refractivity contribution is 7.18. The molecule has 30 heavy (non-hydrogen) atoms. The molecule has 1 unspecified atom stereocenters. The molecule has 0 radical (unpaired) electrons. The number of carbonyl (C=O) groups excluding carboxylic acids is 1. The van der Waals surface area contributed by atoms with Crippen LogP contribution in [0.4, 0.5) is 0 Å². The van der Waals surface area contributed by atoms with Crippen LogP contribution in [0.3, 0.4) is 0 Å². The molecule has 1 aliphatic heterocycles. The van der Waals surface area contributed by atoms with Gasteiger partial charge in [0.1, 0.15) is 23.3 Å². The van der Waals surface area contributed by atoms with Gasteiger partial charge in [-0.25, -0.2) is 9.78 Å². The van der Waals surface area contributed by atoms with Gasteiger partial charge in [-0.05, 0) is 57.8 Å². The van der Waals surface area contributed by atoms with E-state index in [4.69, 9.17) is 9.72 Å². The Morgan fingerprint density at radius 1 is 1.20 bits per heavy atom. The lowest BCUT2D eigenvalue weighted by Crippen LogP contribution is -2.35. The molecule has 0 amide bonds. The molecule has 0 N–H and O–H groups in total. The number of hydrogen-bond donors (Lipinski definition) is 0. The lowest BCUT2D eigenvalue weighted by molar-refractivity contribution is -0.148. The second kappa shape index (κ2) is 8.70. The molecule has 1 aromatic carbocycles. The molecule has 0 spiro atoms. The fourth-order valence-corrected chi connectivity index (χ4v) is 4.99. The summed E-state index contributed by atoms with van der Waals surface area (Å²) in [5, 5.41) is 0.616. The molecule has 7 heteroatoms. The Bertz CT molecular complexity index is 1110. The lowest BCUT2D eigenvalue weighted by atomic mass is 10.2. The van der Waals surface area contributed by atoms with Crippen LogP contribution >= 0.6 is 11.3 Å². The van der Waals surface area contributed by atoms with Crippen LogP contribution in [-0.2, 0) is 22.7 Å². The summed E-state index contributed by atoms with van der Waals surface area (Å²) in [6.45, 7) is 8.41. The van der Waals surface area contributed by atoms with Crippen molar-refractivity contribution in [3.8, 4) is 0 Å². The van der Waals surface area contributed by atoms with Crippen LogP contribution in [0.15, 0.2) is 35.1 Å². The van der Waals surface area contributed by atoms with E-state index in [9.17, 15) is 9.59 Å². The van der Waals surface area contributed by atoms with Crippen molar-refractivity contribution in [2.45, 2.75) is 52.8 Å². The number of aromatic nitrogens is 2. The van der Waals surface area contributed by atoms with Gasteiger partial charge in [-0.3, -0.25) is 14.3 Å². The number of rotatable bonds is 6. The monoisotopic (exact) mass is 425 g/mol. The summed E-state index contributed by atoms with van der Waals surface area (Å²) in [5.74, 6) is 0.217. The van der Waals surface area contributed by atoms with Gasteiger partial charge in [0.25, 0.3) is 5.56 Å². The van der Waals surface area contributed by atoms with E-state index in [2.05, 4.69) is 4.90 Å². The summed E-state index contributed by atoms with van der Waals surface area (Å²) in [7, 11) is 0. The summed E-state index contributed by atoms with van der Waals surface area (Å²) in [5.41, 5.74) is 1.71. The molecule has 0 saturated carbocycles. The maximum absolute atomic E-state index is 13.5. The van der Waals surface area contributed by atoms with E-state index in [0.29, 0.717) is 17.8 Å². The summed E-state index contributed by atoms with van der Waals surface area (Å²) in [6.07, 6.45) is 2.30. The molecule has 1 fully saturated rings. The summed E-state index contributed by atoms with van der Waals surface area (Å²) >= 11 is 1.54. The number of nitrogens with zero attached hydrogens (tertiary/aromatic N) is 3. The van der Waals surface area contributed by atoms with E-state index in [1.54, 1.807) is 22.8 Å². The highest BCUT2D eigenvalue weighted by atomic mass is 32.1. The molecule has 4 rings (SSSR count). The maximum Gasteiger partial charge on any atom is 0.329 e. The molecule has 0 aliphatic carbocycles. The molecule has 1 aliphatic rings. The van der Waals surface area contributed by atoms with Crippen LogP contribution in [0.25, 0.3) is 10.2 Å². The third-order valence-corrected chi connectivity index (χ3v) is 6.93. The first kappa shape index (κ1) is 20.8.